The zero-order chi connectivity index (χ0) is 22.6. The fraction of sp³-hybridized carbons (Fsp3) is 0.750. The lowest BCUT2D eigenvalue weighted by atomic mass is 9.79. The van der Waals surface area contributed by atoms with Gasteiger partial charge in [0.05, 0.1) is 6.42 Å². The van der Waals surface area contributed by atoms with Gasteiger partial charge in [0.2, 0.25) is 11.3 Å². The summed E-state index contributed by atoms with van der Waals surface area (Å²) in [4.78, 5) is 61.3. The van der Waals surface area contributed by atoms with Crippen molar-refractivity contribution in [2.45, 2.75) is 90.9 Å². The molecule has 0 aromatic heterocycles. The van der Waals surface area contributed by atoms with Crippen LogP contribution in [0.25, 0.3) is 0 Å². The van der Waals surface area contributed by atoms with Gasteiger partial charge in [-0.1, -0.05) is 6.42 Å². The van der Waals surface area contributed by atoms with Gasteiger partial charge < -0.3 is 15.2 Å². The summed E-state index contributed by atoms with van der Waals surface area (Å²) in [5.74, 6) is -3.88. The van der Waals surface area contributed by atoms with Crippen molar-refractivity contribution >= 4 is 29.5 Å². The Balaban J connectivity index is 2.71. The molecule has 1 aliphatic rings. The first-order chi connectivity index (χ1) is 13.1. The smallest absolute Gasteiger partial charge is 0.330 e. The first kappa shape index (κ1) is 24.7. The van der Waals surface area contributed by atoms with Gasteiger partial charge in [-0.2, -0.15) is 0 Å². The molecule has 1 unspecified atom stereocenters. The highest BCUT2D eigenvalue weighted by molar-refractivity contribution is 6.29. The molecule has 1 fully saturated rings. The fourth-order valence-electron chi connectivity index (χ4n) is 2.83. The van der Waals surface area contributed by atoms with E-state index in [0.717, 1.165) is 0 Å². The summed E-state index contributed by atoms with van der Waals surface area (Å²) in [6, 6.07) is -0.833. The lowest BCUT2D eigenvalue weighted by Crippen LogP contribution is -2.48. The molecule has 29 heavy (non-hydrogen) atoms. The average Bonchev–Trinajstić information content (AvgIpc) is 2.83. The highest BCUT2D eigenvalue weighted by Crippen LogP contribution is 2.34. The number of carbonyl (C=O) groups excluding carboxylic acids is 5. The second-order valence-corrected chi connectivity index (χ2v) is 9.27. The number of Topliss-reactive ketones (excluding diaryl/α,β-unsaturated/α-hetero) is 1. The highest BCUT2D eigenvalue weighted by atomic mass is 16.6. The Morgan fingerprint density at radius 1 is 1.03 bits per heavy atom. The molecule has 1 aliphatic heterocycles. The Hall–Kier alpha value is -2.29. The normalized spacial score (nSPS) is 20.8. The van der Waals surface area contributed by atoms with Crippen molar-refractivity contribution in [2.75, 3.05) is 0 Å². The number of rotatable bonds is 8. The third kappa shape index (κ3) is 6.92. The van der Waals surface area contributed by atoms with Gasteiger partial charge in [-0.05, 0) is 54.4 Å². The van der Waals surface area contributed by atoms with Gasteiger partial charge in [-0.3, -0.25) is 29.3 Å². The van der Waals surface area contributed by atoms with E-state index in [-0.39, 0.29) is 12.8 Å². The van der Waals surface area contributed by atoms with E-state index >= 15 is 0 Å². The number of esters is 2. The van der Waals surface area contributed by atoms with Crippen molar-refractivity contribution in [3.8, 4) is 0 Å². The highest BCUT2D eigenvalue weighted by Gasteiger charge is 2.59. The van der Waals surface area contributed by atoms with E-state index in [4.69, 9.17) is 15.2 Å². The number of carbonyl (C=O) groups is 5. The standard InChI is InChI=1S/C20H32N2O7/c1-18(2,3)28-15(25)12(21)9-7-8-10-13(23)20(11-14(24)22-16(20)26)17(27)29-19(4,5)6/h12H,7-11,21H2,1-6H3,(H,22,24,26)/t12?,20-/m0/s1. The van der Waals surface area contributed by atoms with Crippen LogP contribution in [0.4, 0.5) is 0 Å². The number of nitrogens with two attached hydrogens (primary N) is 1. The summed E-state index contributed by atoms with van der Waals surface area (Å²) < 4.78 is 10.4. The second kappa shape index (κ2) is 9.02. The Labute approximate surface area is 171 Å². The predicted molar refractivity (Wildman–Crippen MR) is 103 cm³/mol. The van der Waals surface area contributed by atoms with Crippen molar-refractivity contribution in [2.24, 2.45) is 11.1 Å². The van der Waals surface area contributed by atoms with Crippen LogP contribution in [0.15, 0.2) is 0 Å². The molecule has 0 bridgehead atoms. The number of imide groups is 1. The van der Waals surface area contributed by atoms with E-state index < -0.39 is 58.6 Å². The van der Waals surface area contributed by atoms with E-state index in [9.17, 15) is 24.0 Å². The third-order valence-corrected chi connectivity index (χ3v) is 4.17. The first-order valence-electron chi connectivity index (χ1n) is 9.68. The molecule has 0 radical (unpaired) electrons. The van der Waals surface area contributed by atoms with Crippen LogP contribution in [0.2, 0.25) is 0 Å². The SMILES string of the molecule is CC(C)(C)OC(=O)C(N)CCCCC(=O)[C@@]1(C(=O)OC(C)(C)C)CC(=O)NC1=O. The van der Waals surface area contributed by atoms with Crippen LogP contribution < -0.4 is 11.1 Å². The van der Waals surface area contributed by atoms with Crippen LogP contribution in [-0.4, -0.2) is 46.8 Å². The Morgan fingerprint density at radius 2 is 1.59 bits per heavy atom. The topological polar surface area (TPSA) is 142 Å². The molecule has 0 spiro atoms. The molecule has 1 heterocycles. The Kier molecular flexibility index (Phi) is 7.70. The minimum absolute atomic E-state index is 0.124. The van der Waals surface area contributed by atoms with Crippen molar-refractivity contribution in [3.63, 3.8) is 0 Å². The summed E-state index contributed by atoms with van der Waals surface area (Å²) in [6.45, 7) is 10.0. The largest absolute Gasteiger partial charge is 0.459 e. The van der Waals surface area contributed by atoms with Gasteiger partial charge in [0.1, 0.15) is 17.2 Å². The van der Waals surface area contributed by atoms with Gasteiger partial charge in [0.15, 0.2) is 5.78 Å². The molecule has 1 rings (SSSR count). The fourth-order valence-corrected chi connectivity index (χ4v) is 2.83. The minimum Gasteiger partial charge on any atom is -0.459 e. The molecule has 164 valence electrons. The number of hydrogen-bond donors (Lipinski definition) is 2. The van der Waals surface area contributed by atoms with E-state index in [1.807, 2.05) is 5.32 Å². The summed E-state index contributed by atoms with van der Waals surface area (Å²) in [5, 5.41) is 2.02. The van der Waals surface area contributed by atoms with Gasteiger partial charge in [-0.25, -0.2) is 0 Å². The van der Waals surface area contributed by atoms with Crippen molar-refractivity contribution < 1.29 is 33.4 Å². The van der Waals surface area contributed by atoms with Crippen molar-refractivity contribution in [3.05, 3.63) is 0 Å². The Bertz CT molecular complexity index is 688. The molecule has 2 amide bonds. The van der Waals surface area contributed by atoms with Gasteiger partial charge >= 0.3 is 11.9 Å². The summed E-state index contributed by atoms with van der Waals surface area (Å²) >= 11 is 0. The summed E-state index contributed by atoms with van der Waals surface area (Å²) in [5.41, 5.74) is 2.08. The summed E-state index contributed by atoms with van der Waals surface area (Å²) in [7, 11) is 0. The van der Waals surface area contributed by atoms with Crippen molar-refractivity contribution in [1.82, 2.24) is 5.32 Å². The number of ether oxygens (including phenoxy) is 2. The second-order valence-electron chi connectivity index (χ2n) is 9.27. The van der Waals surface area contributed by atoms with Crippen LogP contribution in [0, 0.1) is 5.41 Å². The molecule has 0 aromatic carbocycles. The molecule has 0 aliphatic carbocycles. The Morgan fingerprint density at radius 3 is 2.03 bits per heavy atom. The van der Waals surface area contributed by atoms with E-state index in [0.29, 0.717) is 12.8 Å². The number of amides is 2. The van der Waals surface area contributed by atoms with Gasteiger partial charge in [0.25, 0.3) is 5.91 Å². The third-order valence-electron chi connectivity index (χ3n) is 4.17. The molecule has 0 saturated carbocycles. The number of unbranched alkanes of at least 4 members (excludes halogenated alkanes) is 1. The molecule has 3 N–H and O–H groups in total. The zero-order valence-corrected chi connectivity index (χ0v) is 18.0. The zero-order valence-electron chi connectivity index (χ0n) is 18.0. The molecule has 9 nitrogen and oxygen atoms in total. The van der Waals surface area contributed by atoms with Gasteiger partial charge in [-0.15, -0.1) is 0 Å². The van der Waals surface area contributed by atoms with Crippen LogP contribution in [0.1, 0.15) is 73.6 Å². The molecular weight excluding hydrogens is 380 g/mol. The summed E-state index contributed by atoms with van der Waals surface area (Å²) in [6.07, 6.45) is 0.304. The van der Waals surface area contributed by atoms with Crippen LogP contribution in [0.5, 0.6) is 0 Å². The molecule has 2 atom stereocenters. The average molecular weight is 412 g/mol. The van der Waals surface area contributed by atoms with Crippen LogP contribution >= 0.6 is 0 Å². The molecule has 0 aromatic rings. The predicted octanol–water partition coefficient (Wildman–Crippen LogP) is 1.16. The van der Waals surface area contributed by atoms with Gasteiger partial charge in [0, 0.05) is 6.42 Å². The maximum atomic E-state index is 12.8. The number of ketones is 1. The van der Waals surface area contributed by atoms with Crippen LogP contribution in [-0.2, 0) is 33.4 Å². The van der Waals surface area contributed by atoms with Crippen molar-refractivity contribution in [1.29, 1.82) is 0 Å². The molecule has 1 saturated heterocycles. The quantitative estimate of drug-likeness (QED) is 0.262. The first-order valence-corrected chi connectivity index (χ1v) is 9.68. The van der Waals surface area contributed by atoms with E-state index in [2.05, 4.69) is 0 Å². The number of hydrogen-bond acceptors (Lipinski definition) is 8. The van der Waals surface area contributed by atoms with E-state index in [1.165, 1.54) is 0 Å². The lowest BCUT2D eigenvalue weighted by molar-refractivity contribution is -0.172. The lowest BCUT2D eigenvalue weighted by Gasteiger charge is -2.27. The number of nitrogens with one attached hydrogen (secondary N) is 1. The minimum atomic E-state index is -2.16. The molecule has 9 heteroatoms. The van der Waals surface area contributed by atoms with E-state index in [1.54, 1.807) is 41.5 Å². The molecular formula is C20H32N2O7. The van der Waals surface area contributed by atoms with Crippen LogP contribution in [0.3, 0.4) is 0 Å². The maximum absolute atomic E-state index is 12.8. The maximum Gasteiger partial charge on any atom is 0.330 e. The monoisotopic (exact) mass is 412 g/mol.